The Morgan fingerprint density at radius 2 is 2.19 bits per heavy atom. The predicted molar refractivity (Wildman–Crippen MR) is 63.7 cm³/mol. The van der Waals surface area contributed by atoms with Gasteiger partial charge in [-0.2, -0.15) is 0 Å². The van der Waals surface area contributed by atoms with Gasteiger partial charge in [0.25, 0.3) is 0 Å². The molecule has 0 bridgehead atoms. The van der Waals surface area contributed by atoms with Gasteiger partial charge in [-0.15, -0.1) is 11.3 Å². The van der Waals surface area contributed by atoms with E-state index in [9.17, 15) is 9.59 Å². The summed E-state index contributed by atoms with van der Waals surface area (Å²) < 4.78 is 4.87. The quantitative estimate of drug-likeness (QED) is 0.821. The first-order chi connectivity index (χ1) is 7.54. The summed E-state index contributed by atoms with van der Waals surface area (Å²) in [7, 11) is 0. The van der Waals surface area contributed by atoms with Gasteiger partial charge in [0.1, 0.15) is 0 Å². The van der Waals surface area contributed by atoms with Gasteiger partial charge in [0.2, 0.25) is 5.91 Å². The highest BCUT2D eigenvalue weighted by Crippen LogP contribution is 2.27. The number of esters is 1. The molecule has 0 saturated heterocycles. The van der Waals surface area contributed by atoms with Gasteiger partial charge in [-0.1, -0.05) is 0 Å². The third-order valence-electron chi connectivity index (χ3n) is 1.99. The first-order valence-corrected chi connectivity index (χ1v) is 5.92. The number of carbonyl (C=O) groups is 2. The smallest absolute Gasteiger partial charge is 0.310 e. The second-order valence-electron chi connectivity index (χ2n) is 3.36. The van der Waals surface area contributed by atoms with Crippen molar-refractivity contribution in [2.24, 2.45) is 0 Å². The van der Waals surface area contributed by atoms with Gasteiger partial charge in [-0.3, -0.25) is 9.59 Å². The second-order valence-corrected chi connectivity index (χ2v) is 4.44. The SMILES string of the molecule is CCOC(=O)Cc1csc(C)c1NC(C)=O. The molecule has 16 heavy (non-hydrogen) atoms. The van der Waals surface area contributed by atoms with E-state index in [4.69, 9.17) is 4.74 Å². The Labute approximate surface area is 98.6 Å². The first-order valence-electron chi connectivity index (χ1n) is 5.04. The number of ether oxygens (including phenoxy) is 1. The van der Waals surface area contributed by atoms with Crippen LogP contribution in [0.4, 0.5) is 5.69 Å². The fourth-order valence-electron chi connectivity index (χ4n) is 1.35. The maximum absolute atomic E-state index is 11.3. The lowest BCUT2D eigenvalue weighted by molar-refractivity contribution is -0.142. The molecule has 0 saturated carbocycles. The van der Waals surface area contributed by atoms with Crippen molar-refractivity contribution >= 4 is 28.9 Å². The minimum absolute atomic E-state index is 0.133. The van der Waals surface area contributed by atoms with Crippen LogP contribution in [0.3, 0.4) is 0 Å². The molecular weight excluding hydrogens is 226 g/mol. The number of anilines is 1. The van der Waals surface area contributed by atoms with Crippen LogP contribution >= 0.6 is 11.3 Å². The molecule has 0 aromatic carbocycles. The Bertz CT molecular complexity index is 398. The predicted octanol–water partition coefficient (Wildman–Crippen LogP) is 2.12. The second kappa shape index (κ2) is 5.65. The molecule has 1 amide bonds. The summed E-state index contributed by atoms with van der Waals surface area (Å²) in [5.74, 6) is -0.404. The minimum atomic E-state index is -0.271. The van der Waals surface area contributed by atoms with E-state index in [0.29, 0.717) is 6.61 Å². The molecule has 0 aliphatic carbocycles. The van der Waals surface area contributed by atoms with Gasteiger partial charge >= 0.3 is 5.97 Å². The van der Waals surface area contributed by atoms with Crippen LogP contribution in [-0.2, 0) is 20.7 Å². The van der Waals surface area contributed by atoms with Gasteiger partial charge in [-0.05, 0) is 24.8 Å². The average molecular weight is 241 g/mol. The monoisotopic (exact) mass is 241 g/mol. The van der Waals surface area contributed by atoms with E-state index in [1.165, 1.54) is 18.3 Å². The Kier molecular flexibility index (Phi) is 4.49. The molecule has 4 nitrogen and oxygen atoms in total. The number of hydrogen-bond donors (Lipinski definition) is 1. The molecule has 0 spiro atoms. The topological polar surface area (TPSA) is 55.4 Å². The van der Waals surface area contributed by atoms with Gasteiger partial charge < -0.3 is 10.1 Å². The van der Waals surface area contributed by atoms with Gasteiger partial charge in [0.05, 0.1) is 18.7 Å². The highest BCUT2D eigenvalue weighted by molar-refractivity contribution is 7.10. The Hall–Kier alpha value is -1.36. The van der Waals surface area contributed by atoms with E-state index in [2.05, 4.69) is 5.32 Å². The van der Waals surface area contributed by atoms with Gasteiger partial charge in [0, 0.05) is 11.8 Å². The summed E-state index contributed by atoms with van der Waals surface area (Å²) in [5.41, 5.74) is 1.56. The third-order valence-corrected chi connectivity index (χ3v) is 2.95. The lowest BCUT2D eigenvalue weighted by Crippen LogP contribution is -2.11. The molecule has 0 atom stereocenters. The molecule has 0 unspecified atom stereocenters. The molecule has 0 fully saturated rings. The molecule has 0 aliphatic rings. The van der Waals surface area contributed by atoms with E-state index in [1.807, 2.05) is 12.3 Å². The van der Waals surface area contributed by atoms with E-state index < -0.39 is 0 Å². The third kappa shape index (κ3) is 3.34. The average Bonchev–Trinajstić information content (AvgIpc) is 2.49. The van der Waals surface area contributed by atoms with Crippen molar-refractivity contribution in [1.82, 2.24) is 0 Å². The van der Waals surface area contributed by atoms with Crippen LogP contribution in [0.15, 0.2) is 5.38 Å². The number of carbonyl (C=O) groups excluding carboxylic acids is 2. The zero-order valence-electron chi connectivity index (χ0n) is 9.62. The maximum atomic E-state index is 11.3. The lowest BCUT2D eigenvalue weighted by Gasteiger charge is -2.05. The number of amides is 1. The number of rotatable bonds is 4. The van der Waals surface area contributed by atoms with E-state index in [1.54, 1.807) is 6.92 Å². The van der Waals surface area contributed by atoms with Crippen molar-refractivity contribution in [2.75, 3.05) is 11.9 Å². The number of thiophene rings is 1. The summed E-state index contributed by atoms with van der Waals surface area (Å²) in [6.45, 7) is 5.50. The number of hydrogen-bond acceptors (Lipinski definition) is 4. The molecule has 1 rings (SSSR count). The van der Waals surface area contributed by atoms with Crippen molar-refractivity contribution in [2.45, 2.75) is 27.2 Å². The largest absolute Gasteiger partial charge is 0.466 e. The van der Waals surface area contributed by atoms with Crippen molar-refractivity contribution in [3.63, 3.8) is 0 Å². The van der Waals surface area contributed by atoms with Crippen molar-refractivity contribution in [1.29, 1.82) is 0 Å². The van der Waals surface area contributed by atoms with Crippen LogP contribution in [0.1, 0.15) is 24.3 Å². The summed E-state index contributed by atoms with van der Waals surface area (Å²) in [4.78, 5) is 23.3. The van der Waals surface area contributed by atoms with Crippen LogP contribution in [0.5, 0.6) is 0 Å². The fraction of sp³-hybridized carbons (Fsp3) is 0.455. The van der Waals surface area contributed by atoms with Crippen LogP contribution in [0.2, 0.25) is 0 Å². The zero-order valence-corrected chi connectivity index (χ0v) is 10.4. The van der Waals surface area contributed by atoms with Gasteiger partial charge in [0.15, 0.2) is 0 Å². The molecule has 5 heteroatoms. The Balaban J connectivity index is 2.79. The number of nitrogens with one attached hydrogen (secondary N) is 1. The standard InChI is InChI=1S/C11H15NO3S/c1-4-15-10(14)5-9-6-16-7(2)11(9)12-8(3)13/h6H,4-5H2,1-3H3,(H,12,13). The molecule has 88 valence electrons. The van der Waals surface area contributed by atoms with E-state index in [0.717, 1.165) is 16.1 Å². The highest BCUT2D eigenvalue weighted by atomic mass is 32.1. The molecule has 0 radical (unpaired) electrons. The maximum Gasteiger partial charge on any atom is 0.310 e. The van der Waals surface area contributed by atoms with Gasteiger partial charge in [-0.25, -0.2) is 0 Å². The van der Waals surface area contributed by atoms with Crippen LogP contribution in [-0.4, -0.2) is 18.5 Å². The van der Waals surface area contributed by atoms with Crippen LogP contribution < -0.4 is 5.32 Å². The Morgan fingerprint density at radius 3 is 2.75 bits per heavy atom. The number of aryl methyl sites for hydroxylation is 1. The van der Waals surface area contributed by atoms with Crippen molar-refractivity contribution in [3.8, 4) is 0 Å². The minimum Gasteiger partial charge on any atom is -0.466 e. The molecule has 1 N–H and O–H groups in total. The van der Waals surface area contributed by atoms with E-state index in [-0.39, 0.29) is 18.3 Å². The van der Waals surface area contributed by atoms with Crippen LogP contribution in [0, 0.1) is 6.92 Å². The summed E-state index contributed by atoms with van der Waals surface area (Å²) in [6.07, 6.45) is 0.202. The van der Waals surface area contributed by atoms with Crippen molar-refractivity contribution in [3.05, 3.63) is 15.8 Å². The molecule has 1 aromatic heterocycles. The zero-order chi connectivity index (χ0) is 12.1. The fourth-order valence-corrected chi connectivity index (χ4v) is 2.17. The molecule has 1 heterocycles. The lowest BCUT2D eigenvalue weighted by atomic mass is 10.2. The summed E-state index contributed by atoms with van der Waals surface area (Å²) in [5, 5.41) is 4.61. The van der Waals surface area contributed by atoms with Crippen molar-refractivity contribution < 1.29 is 14.3 Å². The molecule has 0 aliphatic heterocycles. The summed E-state index contributed by atoms with van der Waals surface area (Å²) in [6, 6.07) is 0. The highest BCUT2D eigenvalue weighted by Gasteiger charge is 2.13. The molecule has 1 aromatic rings. The van der Waals surface area contributed by atoms with E-state index >= 15 is 0 Å². The Morgan fingerprint density at radius 1 is 1.50 bits per heavy atom. The molecular formula is C11H15NO3S. The first kappa shape index (κ1) is 12.7. The normalized spacial score (nSPS) is 9.94. The van der Waals surface area contributed by atoms with Crippen LogP contribution in [0.25, 0.3) is 0 Å². The summed E-state index contributed by atoms with van der Waals surface area (Å²) >= 11 is 1.51.